The minimum Gasteiger partial charge on any atom is -0.393 e. The molecule has 1 rings (SSSR count). The number of rotatable bonds is 7. The molecule has 90 valence electrons. The van der Waals surface area contributed by atoms with Crippen LogP contribution in [0, 0.1) is 0 Å². The summed E-state index contributed by atoms with van der Waals surface area (Å²) >= 11 is 0. The summed E-state index contributed by atoms with van der Waals surface area (Å²) in [5.74, 6) is 0.597. The van der Waals surface area contributed by atoms with Gasteiger partial charge in [-0.15, -0.1) is 0 Å². The van der Waals surface area contributed by atoms with Crippen molar-refractivity contribution in [3.8, 4) is 0 Å². The summed E-state index contributed by atoms with van der Waals surface area (Å²) in [5.41, 5.74) is 1.40. The molecule has 2 nitrogen and oxygen atoms in total. The Morgan fingerprint density at radius 1 is 1.06 bits per heavy atom. The highest BCUT2D eigenvalue weighted by Crippen LogP contribution is 2.17. The van der Waals surface area contributed by atoms with Crippen LogP contribution in [0.15, 0.2) is 30.3 Å². The van der Waals surface area contributed by atoms with Crippen LogP contribution in [0.4, 0.5) is 0 Å². The minimum atomic E-state index is -0.195. The molecular weight excluding hydrogens is 198 g/mol. The van der Waals surface area contributed by atoms with Crippen molar-refractivity contribution in [1.29, 1.82) is 0 Å². The Bertz CT molecular complexity index is 271. The van der Waals surface area contributed by atoms with Crippen LogP contribution in [0.2, 0.25) is 0 Å². The van der Waals surface area contributed by atoms with E-state index in [1.807, 2.05) is 6.92 Å². The Kier molecular flexibility index (Phi) is 6.12. The molecule has 0 spiro atoms. The van der Waals surface area contributed by atoms with Gasteiger partial charge in [0.25, 0.3) is 0 Å². The molecule has 16 heavy (non-hydrogen) atoms. The van der Waals surface area contributed by atoms with Gasteiger partial charge < -0.3 is 10.4 Å². The molecule has 0 radical (unpaired) electrons. The molecule has 2 N–H and O–H groups in total. The molecule has 0 aromatic heterocycles. The van der Waals surface area contributed by atoms with E-state index >= 15 is 0 Å². The van der Waals surface area contributed by atoms with E-state index in [-0.39, 0.29) is 6.10 Å². The van der Waals surface area contributed by atoms with Crippen LogP contribution in [0.1, 0.15) is 38.2 Å². The van der Waals surface area contributed by atoms with E-state index in [0.717, 1.165) is 25.9 Å². The van der Waals surface area contributed by atoms with Crippen LogP contribution in [0.25, 0.3) is 0 Å². The van der Waals surface area contributed by atoms with E-state index in [1.165, 1.54) is 5.56 Å². The van der Waals surface area contributed by atoms with Crippen LogP contribution in [-0.2, 0) is 0 Å². The van der Waals surface area contributed by atoms with E-state index in [0.29, 0.717) is 5.92 Å². The molecule has 2 heteroatoms. The summed E-state index contributed by atoms with van der Waals surface area (Å²) in [6, 6.07) is 10.6. The predicted molar refractivity (Wildman–Crippen MR) is 68.6 cm³/mol. The Labute approximate surface area is 98.7 Å². The third-order valence-electron chi connectivity index (χ3n) is 2.86. The summed E-state index contributed by atoms with van der Waals surface area (Å²) < 4.78 is 0. The molecule has 1 aromatic carbocycles. The lowest BCUT2D eigenvalue weighted by atomic mass is 9.98. The van der Waals surface area contributed by atoms with Gasteiger partial charge in [-0.2, -0.15) is 0 Å². The summed E-state index contributed by atoms with van der Waals surface area (Å²) in [7, 11) is 0. The van der Waals surface area contributed by atoms with Gasteiger partial charge in [0, 0.05) is 0 Å². The maximum absolute atomic E-state index is 9.10. The third-order valence-corrected chi connectivity index (χ3v) is 2.86. The molecule has 0 amide bonds. The second kappa shape index (κ2) is 7.42. The highest BCUT2D eigenvalue weighted by Gasteiger charge is 2.03. The first-order chi connectivity index (χ1) is 7.70. The van der Waals surface area contributed by atoms with Crippen LogP contribution in [0.3, 0.4) is 0 Å². The van der Waals surface area contributed by atoms with E-state index in [2.05, 4.69) is 42.6 Å². The topological polar surface area (TPSA) is 32.3 Å². The predicted octanol–water partition coefficient (Wildman–Crippen LogP) is 2.54. The average molecular weight is 221 g/mol. The normalized spacial score (nSPS) is 14.7. The molecule has 0 saturated carbocycles. The van der Waals surface area contributed by atoms with Crippen molar-refractivity contribution in [2.24, 2.45) is 0 Å². The van der Waals surface area contributed by atoms with Crippen molar-refractivity contribution in [3.05, 3.63) is 35.9 Å². The molecule has 0 aliphatic rings. The fraction of sp³-hybridized carbons (Fsp3) is 0.571. The highest BCUT2D eigenvalue weighted by molar-refractivity contribution is 5.18. The van der Waals surface area contributed by atoms with Crippen LogP contribution in [-0.4, -0.2) is 24.3 Å². The van der Waals surface area contributed by atoms with E-state index in [4.69, 9.17) is 5.11 Å². The summed E-state index contributed by atoms with van der Waals surface area (Å²) in [6.07, 6.45) is 1.78. The van der Waals surface area contributed by atoms with Gasteiger partial charge in [-0.25, -0.2) is 0 Å². The molecule has 0 bridgehead atoms. The minimum absolute atomic E-state index is 0.195. The monoisotopic (exact) mass is 221 g/mol. The Morgan fingerprint density at radius 3 is 2.31 bits per heavy atom. The van der Waals surface area contributed by atoms with Crippen molar-refractivity contribution in [3.63, 3.8) is 0 Å². The molecule has 0 aliphatic heterocycles. The molecule has 2 atom stereocenters. The summed E-state index contributed by atoms with van der Waals surface area (Å²) in [5, 5.41) is 12.5. The smallest absolute Gasteiger partial charge is 0.0524 e. The van der Waals surface area contributed by atoms with Crippen molar-refractivity contribution < 1.29 is 5.11 Å². The largest absolute Gasteiger partial charge is 0.393 e. The fourth-order valence-corrected chi connectivity index (χ4v) is 1.70. The number of benzene rings is 1. The van der Waals surface area contributed by atoms with E-state index in [1.54, 1.807) is 0 Å². The van der Waals surface area contributed by atoms with Gasteiger partial charge in [0.2, 0.25) is 0 Å². The summed E-state index contributed by atoms with van der Waals surface area (Å²) in [4.78, 5) is 0. The Balaban J connectivity index is 2.14. The lowest BCUT2D eigenvalue weighted by Gasteiger charge is -2.12. The van der Waals surface area contributed by atoms with Gasteiger partial charge in [0.15, 0.2) is 0 Å². The lowest BCUT2D eigenvalue weighted by molar-refractivity contribution is 0.184. The van der Waals surface area contributed by atoms with Crippen molar-refractivity contribution in [2.45, 2.75) is 38.7 Å². The standard InChI is InChI=1S/C14H23NO/c1-12(14-6-4-3-5-7-14)8-10-15-11-9-13(2)16/h3-7,12-13,15-16H,8-11H2,1-2H3. The maximum Gasteiger partial charge on any atom is 0.0524 e. The van der Waals surface area contributed by atoms with E-state index in [9.17, 15) is 0 Å². The first-order valence-electron chi connectivity index (χ1n) is 6.14. The number of nitrogens with one attached hydrogen (secondary N) is 1. The van der Waals surface area contributed by atoms with Gasteiger partial charge in [-0.1, -0.05) is 37.3 Å². The quantitative estimate of drug-likeness (QED) is 0.693. The second-order valence-corrected chi connectivity index (χ2v) is 4.49. The molecule has 1 aromatic rings. The van der Waals surface area contributed by atoms with Crippen molar-refractivity contribution in [2.75, 3.05) is 13.1 Å². The zero-order valence-electron chi connectivity index (χ0n) is 10.3. The van der Waals surface area contributed by atoms with Crippen LogP contribution in [0.5, 0.6) is 0 Å². The van der Waals surface area contributed by atoms with Gasteiger partial charge in [-0.3, -0.25) is 0 Å². The lowest BCUT2D eigenvalue weighted by Crippen LogP contribution is -2.21. The molecule has 2 unspecified atom stereocenters. The second-order valence-electron chi connectivity index (χ2n) is 4.49. The first kappa shape index (κ1) is 13.2. The van der Waals surface area contributed by atoms with Gasteiger partial charge in [0.1, 0.15) is 0 Å². The Hall–Kier alpha value is -0.860. The molecule has 0 saturated heterocycles. The van der Waals surface area contributed by atoms with Gasteiger partial charge >= 0.3 is 0 Å². The SMILES string of the molecule is CC(O)CCNCCC(C)c1ccccc1. The molecular formula is C14H23NO. The van der Waals surface area contributed by atoms with Crippen LogP contribution < -0.4 is 5.32 Å². The zero-order valence-corrected chi connectivity index (χ0v) is 10.3. The van der Waals surface area contributed by atoms with Crippen molar-refractivity contribution in [1.82, 2.24) is 5.32 Å². The highest BCUT2D eigenvalue weighted by atomic mass is 16.3. The fourth-order valence-electron chi connectivity index (χ4n) is 1.70. The number of aliphatic hydroxyl groups excluding tert-OH is 1. The molecule has 0 aliphatic carbocycles. The van der Waals surface area contributed by atoms with E-state index < -0.39 is 0 Å². The molecule has 0 heterocycles. The maximum atomic E-state index is 9.10. The number of hydrogen-bond donors (Lipinski definition) is 2. The number of hydrogen-bond acceptors (Lipinski definition) is 2. The van der Waals surface area contributed by atoms with Crippen LogP contribution >= 0.6 is 0 Å². The number of aliphatic hydroxyl groups is 1. The summed E-state index contributed by atoms with van der Waals surface area (Å²) in [6.45, 7) is 6.00. The first-order valence-corrected chi connectivity index (χ1v) is 6.14. The Morgan fingerprint density at radius 2 is 1.69 bits per heavy atom. The third kappa shape index (κ3) is 5.29. The molecule has 0 fully saturated rings. The van der Waals surface area contributed by atoms with Gasteiger partial charge in [0.05, 0.1) is 6.10 Å². The van der Waals surface area contributed by atoms with Gasteiger partial charge in [-0.05, 0) is 44.3 Å². The average Bonchev–Trinajstić information content (AvgIpc) is 2.29. The zero-order chi connectivity index (χ0) is 11.8. The van der Waals surface area contributed by atoms with Crippen molar-refractivity contribution >= 4 is 0 Å².